The van der Waals surface area contributed by atoms with Gasteiger partial charge in [-0.3, -0.25) is 0 Å². The van der Waals surface area contributed by atoms with Crippen molar-refractivity contribution in [3.63, 3.8) is 0 Å². The molecule has 43 heavy (non-hydrogen) atoms. The van der Waals surface area contributed by atoms with Crippen molar-refractivity contribution in [2.45, 2.75) is 78.6 Å². The van der Waals surface area contributed by atoms with E-state index in [4.69, 9.17) is 28.4 Å². The summed E-state index contributed by atoms with van der Waals surface area (Å²) < 4.78 is 36.9. The van der Waals surface area contributed by atoms with Gasteiger partial charge in [-0.15, -0.1) is 0 Å². The Morgan fingerprint density at radius 2 is 0.605 bits per heavy atom. The van der Waals surface area contributed by atoms with E-state index < -0.39 is 7.92 Å². The summed E-state index contributed by atoms with van der Waals surface area (Å²) in [5.41, 5.74) is 3.53. The molecule has 0 bridgehead atoms. The maximum atomic E-state index is 6.15. The summed E-state index contributed by atoms with van der Waals surface area (Å²) in [6, 6.07) is 12.9. The predicted octanol–water partition coefficient (Wildman–Crippen LogP) is 7.52. The summed E-state index contributed by atoms with van der Waals surface area (Å²) in [5.74, 6) is 4.55. The van der Waals surface area contributed by atoms with Gasteiger partial charge >= 0.3 is 0 Å². The van der Waals surface area contributed by atoms with E-state index in [9.17, 15) is 0 Å². The topological polar surface area (TPSA) is 55.4 Å². The molecule has 0 saturated heterocycles. The van der Waals surface area contributed by atoms with Crippen LogP contribution in [-0.2, 0) is 19.3 Å². The van der Waals surface area contributed by atoms with Crippen LogP contribution < -0.4 is 44.3 Å². The third-order valence-electron chi connectivity index (χ3n) is 7.75. The summed E-state index contributed by atoms with van der Waals surface area (Å²) in [6.07, 6.45) is 9.41. The molecular formula is C36H51O6P. The predicted molar refractivity (Wildman–Crippen MR) is 180 cm³/mol. The lowest BCUT2D eigenvalue weighted by Gasteiger charge is -2.30. The number of unbranched alkanes of at least 4 members (excludes halogenated alkanes) is 3. The van der Waals surface area contributed by atoms with Crippen LogP contribution in [0.15, 0.2) is 36.4 Å². The third kappa shape index (κ3) is 8.09. The van der Waals surface area contributed by atoms with Crippen LogP contribution in [0.2, 0.25) is 0 Å². The first-order valence-corrected chi connectivity index (χ1v) is 16.8. The van der Waals surface area contributed by atoms with E-state index in [0.717, 1.165) is 108 Å². The molecule has 7 heteroatoms. The fraction of sp³-hybridized carbons (Fsp3) is 0.500. The van der Waals surface area contributed by atoms with Crippen molar-refractivity contribution in [1.82, 2.24) is 0 Å². The fourth-order valence-electron chi connectivity index (χ4n) is 5.42. The van der Waals surface area contributed by atoms with Crippen LogP contribution in [0.25, 0.3) is 0 Å². The van der Waals surface area contributed by atoms with Gasteiger partial charge in [-0.25, -0.2) is 0 Å². The molecule has 0 aliphatic rings. The van der Waals surface area contributed by atoms with Crippen LogP contribution in [0, 0.1) is 0 Å². The molecule has 0 saturated carbocycles. The molecular weight excluding hydrogens is 559 g/mol. The van der Waals surface area contributed by atoms with Crippen molar-refractivity contribution >= 4 is 23.8 Å². The SMILES string of the molecule is CCCCc1cc(OC)c(P(c2c(OC)cc(CCCC)cc2OC)c2c(OC)cc(CCCC)cc2OC)c(OC)c1. The minimum atomic E-state index is -1.43. The number of hydrogen-bond acceptors (Lipinski definition) is 6. The normalized spacial score (nSPS) is 11.0. The van der Waals surface area contributed by atoms with Crippen molar-refractivity contribution in [3.05, 3.63) is 53.1 Å². The Bertz CT molecular complexity index is 1090. The first kappa shape index (κ1) is 34.4. The number of benzene rings is 3. The fourth-order valence-corrected chi connectivity index (χ4v) is 8.34. The second-order valence-electron chi connectivity index (χ2n) is 10.7. The number of methoxy groups -OCH3 is 6. The van der Waals surface area contributed by atoms with Crippen LogP contribution >= 0.6 is 7.92 Å². The molecule has 0 aliphatic carbocycles. The van der Waals surface area contributed by atoms with Crippen molar-refractivity contribution < 1.29 is 28.4 Å². The summed E-state index contributed by atoms with van der Waals surface area (Å²) in [4.78, 5) is 0. The minimum Gasteiger partial charge on any atom is -0.496 e. The molecule has 0 spiro atoms. The summed E-state index contributed by atoms with van der Waals surface area (Å²) >= 11 is 0. The van der Waals surface area contributed by atoms with Crippen molar-refractivity contribution in [1.29, 1.82) is 0 Å². The number of ether oxygens (including phenoxy) is 6. The van der Waals surface area contributed by atoms with Gasteiger partial charge in [0, 0.05) is 7.92 Å². The third-order valence-corrected chi connectivity index (χ3v) is 10.4. The largest absolute Gasteiger partial charge is 0.496 e. The van der Waals surface area contributed by atoms with Gasteiger partial charge in [-0.2, -0.15) is 0 Å². The molecule has 0 aromatic heterocycles. The minimum absolute atomic E-state index is 0.759. The monoisotopic (exact) mass is 610 g/mol. The van der Waals surface area contributed by atoms with Crippen LogP contribution in [0.4, 0.5) is 0 Å². The van der Waals surface area contributed by atoms with E-state index in [2.05, 4.69) is 57.2 Å². The highest BCUT2D eigenvalue weighted by Crippen LogP contribution is 2.50. The molecule has 0 aliphatic heterocycles. The molecule has 236 valence electrons. The molecule has 6 nitrogen and oxygen atoms in total. The van der Waals surface area contributed by atoms with Gasteiger partial charge in [0.1, 0.15) is 34.5 Å². The Hall–Kier alpha value is -3.11. The zero-order valence-corrected chi connectivity index (χ0v) is 28.6. The Morgan fingerprint density at radius 1 is 0.395 bits per heavy atom. The number of hydrogen-bond donors (Lipinski definition) is 0. The van der Waals surface area contributed by atoms with Gasteiger partial charge in [0.2, 0.25) is 0 Å². The number of rotatable bonds is 18. The molecule has 0 N–H and O–H groups in total. The number of aryl methyl sites for hydroxylation is 3. The highest BCUT2D eigenvalue weighted by molar-refractivity contribution is 7.81. The molecule has 0 unspecified atom stereocenters. The molecule has 0 amide bonds. The smallest absolute Gasteiger partial charge is 0.131 e. The molecule has 0 heterocycles. The van der Waals surface area contributed by atoms with Crippen molar-refractivity contribution in [2.75, 3.05) is 42.7 Å². The average molecular weight is 611 g/mol. The zero-order valence-electron chi connectivity index (χ0n) is 27.7. The summed E-state index contributed by atoms with van der Waals surface area (Å²) in [7, 11) is 8.90. The lowest BCUT2D eigenvalue weighted by Crippen LogP contribution is -2.28. The van der Waals surface area contributed by atoms with Crippen molar-refractivity contribution in [3.8, 4) is 34.5 Å². The Labute approximate surface area is 260 Å². The quantitative estimate of drug-likeness (QED) is 0.139. The van der Waals surface area contributed by atoms with Crippen LogP contribution in [0.5, 0.6) is 34.5 Å². The van der Waals surface area contributed by atoms with E-state index in [1.807, 2.05) is 0 Å². The standard InChI is InChI=1S/C36H51O6P/c1-10-13-16-25-19-28(37-4)34(29(20-25)38-5)43(35-30(39-6)21-26(17-14-11-2)22-31(35)40-7)36-32(41-8)23-27(18-15-12-3)24-33(36)42-9/h19-24H,10-18H2,1-9H3. The maximum absolute atomic E-state index is 6.15. The molecule has 3 rings (SSSR count). The van der Waals surface area contributed by atoms with Crippen molar-refractivity contribution in [2.24, 2.45) is 0 Å². The van der Waals surface area contributed by atoms with Gasteiger partial charge < -0.3 is 28.4 Å². The van der Waals surface area contributed by atoms with E-state index in [0.29, 0.717) is 0 Å². The highest BCUT2D eigenvalue weighted by Gasteiger charge is 2.35. The Morgan fingerprint density at radius 3 is 0.767 bits per heavy atom. The molecule has 0 fully saturated rings. The summed E-state index contributed by atoms with van der Waals surface area (Å²) in [6.45, 7) is 6.61. The lowest BCUT2D eigenvalue weighted by molar-refractivity contribution is 0.397. The Balaban J connectivity index is 2.50. The first-order valence-electron chi connectivity index (χ1n) is 15.5. The molecule has 0 atom stereocenters. The van der Waals surface area contributed by atoms with Crippen LogP contribution in [0.1, 0.15) is 76.0 Å². The van der Waals surface area contributed by atoms with E-state index >= 15 is 0 Å². The first-order chi connectivity index (χ1) is 20.9. The molecule has 0 radical (unpaired) electrons. The lowest BCUT2D eigenvalue weighted by atomic mass is 10.1. The molecule has 3 aromatic carbocycles. The van der Waals surface area contributed by atoms with E-state index in [1.54, 1.807) is 42.7 Å². The van der Waals surface area contributed by atoms with E-state index in [1.165, 1.54) is 16.7 Å². The van der Waals surface area contributed by atoms with E-state index in [-0.39, 0.29) is 0 Å². The van der Waals surface area contributed by atoms with Gasteiger partial charge in [0.05, 0.1) is 58.6 Å². The van der Waals surface area contributed by atoms with Gasteiger partial charge in [0.15, 0.2) is 0 Å². The second kappa shape index (κ2) is 17.3. The molecule has 3 aromatic rings. The van der Waals surface area contributed by atoms with Gasteiger partial charge in [-0.05, 0) is 91.6 Å². The van der Waals surface area contributed by atoms with Crippen LogP contribution in [-0.4, -0.2) is 42.7 Å². The zero-order chi connectivity index (χ0) is 31.4. The highest BCUT2D eigenvalue weighted by atomic mass is 31.1. The van der Waals surface area contributed by atoms with Gasteiger partial charge in [0.25, 0.3) is 0 Å². The maximum Gasteiger partial charge on any atom is 0.131 e. The average Bonchev–Trinajstić information content (AvgIpc) is 3.05. The van der Waals surface area contributed by atoms with Crippen LogP contribution in [0.3, 0.4) is 0 Å². The summed E-state index contributed by atoms with van der Waals surface area (Å²) in [5, 5.41) is 2.78. The second-order valence-corrected chi connectivity index (χ2v) is 12.7. The van der Waals surface area contributed by atoms with Gasteiger partial charge in [-0.1, -0.05) is 40.0 Å². The Kier molecular flexibility index (Phi) is 13.8.